The summed E-state index contributed by atoms with van der Waals surface area (Å²) in [7, 11) is 1.84. The standard InChI is InChI=1S/C21H28N4O2/c1-6-15(7-2)21(26)25(5)11-10-18-23-20(27-24-18)19-14(4)16-12-13(3)8-9-17(16)22-19/h8-9,12,15,22H,6-7,10-11H2,1-5H3. The molecule has 0 spiro atoms. The molecule has 0 aliphatic carbocycles. The molecule has 0 fully saturated rings. The minimum absolute atomic E-state index is 0.0910. The molecule has 1 N–H and O–H groups in total. The fourth-order valence-electron chi connectivity index (χ4n) is 3.44. The maximum Gasteiger partial charge on any atom is 0.274 e. The number of benzene rings is 1. The number of rotatable bonds is 7. The summed E-state index contributed by atoms with van der Waals surface area (Å²) in [6.07, 6.45) is 2.31. The molecule has 6 nitrogen and oxygen atoms in total. The van der Waals surface area contributed by atoms with E-state index >= 15 is 0 Å². The number of hydrogen-bond donors (Lipinski definition) is 1. The van der Waals surface area contributed by atoms with Gasteiger partial charge in [0.1, 0.15) is 5.69 Å². The number of aromatic nitrogens is 3. The molecule has 1 aromatic carbocycles. The third kappa shape index (κ3) is 3.89. The molecule has 0 aliphatic heterocycles. The van der Waals surface area contributed by atoms with Crippen LogP contribution < -0.4 is 0 Å². The van der Waals surface area contributed by atoms with Crippen molar-refractivity contribution in [3.63, 3.8) is 0 Å². The zero-order valence-corrected chi connectivity index (χ0v) is 16.8. The van der Waals surface area contributed by atoms with Crippen LogP contribution in [0, 0.1) is 19.8 Å². The van der Waals surface area contributed by atoms with Gasteiger partial charge in [0.25, 0.3) is 5.89 Å². The predicted octanol–water partition coefficient (Wildman–Crippen LogP) is 4.27. The van der Waals surface area contributed by atoms with Crippen molar-refractivity contribution < 1.29 is 9.32 Å². The summed E-state index contributed by atoms with van der Waals surface area (Å²) >= 11 is 0. The van der Waals surface area contributed by atoms with Crippen LogP contribution in [0.25, 0.3) is 22.5 Å². The van der Waals surface area contributed by atoms with E-state index in [0.717, 1.165) is 29.6 Å². The van der Waals surface area contributed by atoms with Gasteiger partial charge in [-0.1, -0.05) is 30.6 Å². The number of carbonyl (C=O) groups is 1. The number of aromatic amines is 1. The number of hydrogen-bond acceptors (Lipinski definition) is 4. The van der Waals surface area contributed by atoms with Gasteiger partial charge in [0.2, 0.25) is 5.91 Å². The molecule has 2 aromatic heterocycles. The summed E-state index contributed by atoms with van der Waals surface area (Å²) in [4.78, 5) is 22.1. The quantitative estimate of drug-likeness (QED) is 0.676. The van der Waals surface area contributed by atoms with E-state index in [-0.39, 0.29) is 11.8 Å². The van der Waals surface area contributed by atoms with E-state index < -0.39 is 0 Å². The minimum Gasteiger partial charge on any atom is -0.350 e. The third-order valence-corrected chi connectivity index (χ3v) is 5.28. The number of likely N-dealkylation sites (N-methyl/N-ethyl adjacent to an activating group) is 1. The van der Waals surface area contributed by atoms with Crippen LogP contribution in [0.5, 0.6) is 0 Å². The molecule has 0 saturated carbocycles. The van der Waals surface area contributed by atoms with Gasteiger partial charge in [-0.25, -0.2) is 0 Å². The zero-order chi connectivity index (χ0) is 19.6. The van der Waals surface area contributed by atoms with Crippen molar-refractivity contribution in [1.29, 1.82) is 0 Å². The zero-order valence-electron chi connectivity index (χ0n) is 16.8. The number of nitrogens with zero attached hydrogens (tertiary/aromatic N) is 3. The minimum atomic E-state index is 0.0910. The Bertz CT molecular complexity index is 937. The van der Waals surface area contributed by atoms with Gasteiger partial charge < -0.3 is 14.4 Å². The van der Waals surface area contributed by atoms with Gasteiger partial charge in [-0.2, -0.15) is 4.98 Å². The topological polar surface area (TPSA) is 75.0 Å². The lowest BCUT2D eigenvalue weighted by Crippen LogP contribution is -2.34. The lowest BCUT2D eigenvalue weighted by Gasteiger charge is -2.21. The fourth-order valence-corrected chi connectivity index (χ4v) is 3.44. The molecular formula is C21H28N4O2. The summed E-state index contributed by atoms with van der Waals surface area (Å²) in [5.41, 5.74) is 4.23. The number of H-pyrrole nitrogens is 1. The average Bonchev–Trinajstić information content (AvgIpc) is 3.25. The van der Waals surface area contributed by atoms with Gasteiger partial charge >= 0.3 is 0 Å². The highest BCUT2D eigenvalue weighted by molar-refractivity contribution is 5.89. The number of fused-ring (bicyclic) bond motifs is 1. The van der Waals surface area contributed by atoms with E-state index in [1.54, 1.807) is 4.90 Å². The summed E-state index contributed by atoms with van der Waals surface area (Å²) in [5.74, 6) is 1.38. The van der Waals surface area contributed by atoms with Gasteiger partial charge in [0, 0.05) is 36.8 Å². The number of aryl methyl sites for hydroxylation is 2. The highest BCUT2D eigenvalue weighted by Crippen LogP contribution is 2.29. The van der Waals surface area contributed by atoms with Gasteiger partial charge in [-0.15, -0.1) is 0 Å². The molecule has 0 unspecified atom stereocenters. The first-order valence-corrected chi connectivity index (χ1v) is 9.61. The normalized spacial score (nSPS) is 11.5. The monoisotopic (exact) mass is 368 g/mol. The van der Waals surface area contributed by atoms with Crippen molar-refractivity contribution in [2.24, 2.45) is 5.92 Å². The van der Waals surface area contributed by atoms with Crippen LogP contribution >= 0.6 is 0 Å². The molecule has 0 saturated heterocycles. The first-order chi connectivity index (χ1) is 12.9. The lowest BCUT2D eigenvalue weighted by molar-refractivity contribution is -0.134. The van der Waals surface area contributed by atoms with Gasteiger partial charge in [0.05, 0.1) is 0 Å². The van der Waals surface area contributed by atoms with E-state index in [4.69, 9.17) is 4.52 Å². The first kappa shape index (κ1) is 19.1. The van der Waals surface area contributed by atoms with Gasteiger partial charge in [-0.05, 0) is 44.4 Å². The van der Waals surface area contributed by atoms with Crippen molar-refractivity contribution >= 4 is 16.8 Å². The highest BCUT2D eigenvalue weighted by Gasteiger charge is 2.20. The van der Waals surface area contributed by atoms with Gasteiger partial charge in [-0.3, -0.25) is 4.79 Å². The van der Waals surface area contributed by atoms with Crippen LogP contribution in [0.2, 0.25) is 0 Å². The Hall–Kier alpha value is -2.63. The van der Waals surface area contributed by atoms with Crippen molar-refractivity contribution in [2.75, 3.05) is 13.6 Å². The molecule has 27 heavy (non-hydrogen) atoms. The van der Waals surface area contributed by atoms with Crippen molar-refractivity contribution in [1.82, 2.24) is 20.0 Å². The van der Waals surface area contributed by atoms with E-state index in [2.05, 4.69) is 61.0 Å². The third-order valence-electron chi connectivity index (χ3n) is 5.28. The SMILES string of the molecule is CCC(CC)C(=O)N(C)CCc1noc(-c2[nH]c3ccc(C)cc3c2C)n1. The van der Waals surface area contributed by atoms with Crippen LogP contribution in [0.3, 0.4) is 0 Å². The molecule has 144 valence electrons. The molecule has 0 atom stereocenters. The molecule has 3 rings (SSSR count). The predicted molar refractivity (Wildman–Crippen MR) is 106 cm³/mol. The molecule has 0 bridgehead atoms. The molecular weight excluding hydrogens is 340 g/mol. The van der Waals surface area contributed by atoms with E-state index in [9.17, 15) is 4.79 Å². The van der Waals surface area contributed by atoms with E-state index in [1.165, 1.54) is 10.9 Å². The van der Waals surface area contributed by atoms with Crippen LogP contribution in [-0.4, -0.2) is 39.5 Å². The molecule has 2 heterocycles. The number of amides is 1. The second-order valence-corrected chi connectivity index (χ2v) is 7.21. The molecule has 6 heteroatoms. The molecule has 3 aromatic rings. The maximum absolute atomic E-state index is 12.4. The largest absolute Gasteiger partial charge is 0.350 e. The Morgan fingerprint density at radius 2 is 2.00 bits per heavy atom. The van der Waals surface area contributed by atoms with E-state index in [1.807, 2.05) is 7.05 Å². The number of carbonyl (C=O) groups excluding carboxylic acids is 1. The van der Waals surface area contributed by atoms with Crippen molar-refractivity contribution in [2.45, 2.75) is 47.0 Å². The average molecular weight is 368 g/mol. The number of nitrogens with one attached hydrogen (secondary N) is 1. The van der Waals surface area contributed by atoms with Crippen LogP contribution in [0.1, 0.15) is 43.6 Å². The van der Waals surface area contributed by atoms with Crippen molar-refractivity contribution in [3.8, 4) is 11.6 Å². The Kier molecular flexibility index (Phi) is 5.63. The Labute approximate surface area is 160 Å². The smallest absolute Gasteiger partial charge is 0.274 e. The Balaban J connectivity index is 1.72. The molecule has 0 aliphatic rings. The summed E-state index contributed by atoms with van der Waals surface area (Å²) < 4.78 is 5.48. The molecule has 1 amide bonds. The molecule has 0 radical (unpaired) electrons. The van der Waals surface area contributed by atoms with E-state index in [0.29, 0.717) is 24.7 Å². The summed E-state index contributed by atoms with van der Waals surface area (Å²) in [6, 6.07) is 6.30. The Morgan fingerprint density at radius 1 is 1.26 bits per heavy atom. The Morgan fingerprint density at radius 3 is 2.70 bits per heavy atom. The summed E-state index contributed by atoms with van der Waals surface area (Å²) in [6.45, 7) is 8.82. The highest BCUT2D eigenvalue weighted by atomic mass is 16.5. The summed E-state index contributed by atoms with van der Waals surface area (Å²) in [5, 5.41) is 5.26. The lowest BCUT2D eigenvalue weighted by atomic mass is 10.0. The van der Waals surface area contributed by atoms with Crippen LogP contribution in [0.15, 0.2) is 22.7 Å². The first-order valence-electron chi connectivity index (χ1n) is 9.61. The van der Waals surface area contributed by atoms with Gasteiger partial charge in [0.15, 0.2) is 5.82 Å². The van der Waals surface area contributed by atoms with Crippen LogP contribution in [-0.2, 0) is 11.2 Å². The fraction of sp³-hybridized carbons (Fsp3) is 0.476. The van der Waals surface area contributed by atoms with Crippen molar-refractivity contribution in [3.05, 3.63) is 35.2 Å². The second-order valence-electron chi connectivity index (χ2n) is 7.21. The maximum atomic E-state index is 12.4. The second kappa shape index (κ2) is 7.94. The van der Waals surface area contributed by atoms with Crippen LogP contribution in [0.4, 0.5) is 0 Å².